The van der Waals surface area contributed by atoms with Gasteiger partial charge < -0.3 is 20.7 Å². The molecule has 144 valence electrons. The van der Waals surface area contributed by atoms with E-state index >= 15 is 0 Å². The molecule has 0 heterocycles. The predicted octanol–water partition coefficient (Wildman–Crippen LogP) is 3.74. The zero-order valence-electron chi connectivity index (χ0n) is 15.8. The number of carbonyl (C=O) groups is 2. The van der Waals surface area contributed by atoms with E-state index in [1.54, 1.807) is 0 Å². The molecule has 3 N–H and O–H groups in total. The van der Waals surface area contributed by atoms with Crippen LogP contribution in [-0.4, -0.2) is 31.2 Å². The molecule has 1 fully saturated rings. The summed E-state index contributed by atoms with van der Waals surface area (Å²) in [5, 5.41) is 8.53. The Bertz CT molecular complexity index is 585. The summed E-state index contributed by atoms with van der Waals surface area (Å²) in [5.41, 5.74) is 1.66. The summed E-state index contributed by atoms with van der Waals surface area (Å²) in [7, 11) is 0. The van der Waals surface area contributed by atoms with Crippen molar-refractivity contribution >= 4 is 17.6 Å². The minimum Gasteiger partial charge on any atom is -0.378 e. The molecule has 1 unspecified atom stereocenters. The highest BCUT2D eigenvalue weighted by atomic mass is 16.5. The summed E-state index contributed by atoms with van der Waals surface area (Å²) in [6.45, 7) is 4.68. The first-order chi connectivity index (χ1) is 12.5. The van der Waals surface area contributed by atoms with E-state index in [2.05, 4.69) is 16.0 Å². The normalized spacial score (nSPS) is 15.9. The van der Waals surface area contributed by atoms with Crippen LogP contribution in [0.1, 0.15) is 64.0 Å². The first-order valence-corrected chi connectivity index (χ1v) is 9.58. The molecule has 6 nitrogen and oxygen atoms in total. The summed E-state index contributed by atoms with van der Waals surface area (Å²) in [6, 6.07) is 7.13. The topological polar surface area (TPSA) is 79.5 Å². The fourth-order valence-electron chi connectivity index (χ4n) is 3.18. The van der Waals surface area contributed by atoms with Crippen LogP contribution < -0.4 is 16.0 Å². The van der Waals surface area contributed by atoms with Crippen molar-refractivity contribution in [1.82, 2.24) is 10.6 Å². The van der Waals surface area contributed by atoms with Crippen molar-refractivity contribution in [3.05, 3.63) is 29.8 Å². The molecule has 6 heteroatoms. The van der Waals surface area contributed by atoms with Gasteiger partial charge in [0.2, 0.25) is 5.91 Å². The van der Waals surface area contributed by atoms with Gasteiger partial charge in [0.25, 0.3) is 0 Å². The van der Waals surface area contributed by atoms with E-state index in [0.717, 1.165) is 17.7 Å². The van der Waals surface area contributed by atoms with Gasteiger partial charge in [0, 0.05) is 25.8 Å². The SMILES string of the molecule is CC(=O)Nc1cccc(C(C)NC(=O)NCCCOC2CCCCC2)c1. The smallest absolute Gasteiger partial charge is 0.315 e. The lowest BCUT2D eigenvalue weighted by Crippen LogP contribution is -2.37. The number of benzene rings is 1. The number of amides is 3. The van der Waals surface area contributed by atoms with Gasteiger partial charge in [0.15, 0.2) is 0 Å². The van der Waals surface area contributed by atoms with Crippen LogP contribution in [0.25, 0.3) is 0 Å². The van der Waals surface area contributed by atoms with Crippen LogP contribution in [0.4, 0.5) is 10.5 Å². The predicted molar refractivity (Wildman–Crippen MR) is 103 cm³/mol. The number of hydrogen-bond donors (Lipinski definition) is 3. The molecule has 0 spiro atoms. The number of carbonyl (C=O) groups excluding carboxylic acids is 2. The third kappa shape index (κ3) is 7.44. The molecule has 0 radical (unpaired) electrons. The van der Waals surface area contributed by atoms with Gasteiger partial charge in [-0.2, -0.15) is 0 Å². The summed E-state index contributed by atoms with van der Waals surface area (Å²) < 4.78 is 5.85. The van der Waals surface area contributed by atoms with E-state index in [0.29, 0.717) is 19.3 Å². The second kappa shape index (κ2) is 10.8. The van der Waals surface area contributed by atoms with Gasteiger partial charge in [-0.3, -0.25) is 4.79 Å². The summed E-state index contributed by atoms with van der Waals surface area (Å²) in [4.78, 5) is 23.2. The Hall–Kier alpha value is -2.08. The zero-order chi connectivity index (χ0) is 18.8. The quantitative estimate of drug-likeness (QED) is 0.617. The summed E-state index contributed by atoms with van der Waals surface area (Å²) in [6.07, 6.45) is 7.43. The molecule has 0 bridgehead atoms. The van der Waals surface area contributed by atoms with Gasteiger partial charge in [-0.05, 0) is 43.9 Å². The standard InChI is InChI=1S/C20H31N3O3/c1-15(17-8-6-9-18(14-17)23-16(2)24)22-20(25)21-12-7-13-26-19-10-4-3-5-11-19/h6,8-9,14-15,19H,3-5,7,10-13H2,1-2H3,(H,23,24)(H2,21,22,25). The minimum atomic E-state index is -0.194. The molecule has 1 atom stereocenters. The van der Waals surface area contributed by atoms with Crippen molar-refractivity contribution in [3.8, 4) is 0 Å². The lowest BCUT2D eigenvalue weighted by atomic mass is 9.98. The lowest BCUT2D eigenvalue weighted by Gasteiger charge is -2.22. The second-order valence-electron chi connectivity index (χ2n) is 6.91. The van der Waals surface area contributed by atoms with Gasteiger partial charge in [0.1, 0.15) is 0 Å². The highest BCUT2D eigenvalue weighted by Crippen LogP contribution is 2.20. The summed E-state index contributed by atoms with van der Waals surface area (Å²) >= 11 is 0. The van der Waals surface area contributed by atoms with Crippen molar-refractivity contribution in [1.29, 1.82) is 0 Å². The fraction of sp³-hybridized carbons (Fsp3) is 0.600. The van der Waals surface area contributed by atoms with Crippen LogP contribution in [0, 0.1) is 0 Å². The second-order valence-corrected chi connectivity index (χ2v) is 6.91. The van der Waals surface area contributed by atoms with E-state index in [9.17, 15) is 9.59 Å². The van der Waals surface area contributed by atoms with Gasteiger partial charge in [-0.15, -0.1) is 0 Å². The van der Waals surface area contributed by atoms with E-state index in [4.69, 9.17) is 4.74 Å². The Morgan fingerprint density at radius 3 is 2.73 bits per heavy atom. The van der Waals surface area contributed by atoms with Crippen LogP contribution in [-0.2, 0) is 9.53 Å². The van der Waals surface area contributed by atoms with Crippen LogP contribution in [0.3, 0.4) is 0 Å². The average Bonchev–Trinajstić information content (AvgIpc) is 2.62. The first-order valence-electron chi connectivity index (χ1n) is 9.58. The molecule has 1 aliphatic rings. The van der Waals surface area contributed by atoms with Crippen molar-refractivity contribution in [2.45, 2.75) is 64.5 Å². The van der Waals surface area contributed by atoms with Gasteiger partial charge in [-0.1, -0.05) is 31.4 Å². The highest BCUT2D eigenvalue weighted by molar-refractivity contribution is 5.88. The van der Waals surface area contributed by atoms with Crippen LogP contribution >= 0.6 is 0 Å². The number of anilines is 1. The molecule has 1 aliphatic carbocycles. The van der Waals surface area contributed by atoms with E-state index in [1.165, 1.54) is 39.0 Å². The Morgan fingerprint density at radius 1 is 1.23 bits per heavy atom. The van der Waals surface area contributed by atoms with Crippen molar-refractivity contribution in [3.63, 3.8) is 0 Å². The molecule has 1 aromatic rings. The Kier molecular flexibility index (Phi) is 8.41. The number of rotatable bonds is 8. The number of hydrogen-bond acceptors (Lipinski definition) is 3. The molecule has 1 saturated carbocycles. The van der Waals surface area contributed by atoms with Crippen molar-refractivity contribution in [2.75, 3.05) is 18.5 Å². The highest BCUT2D eigenvalue weighted by Gasteiger charge is 2.13. The van der Waals surface area contributed by atoms with Gasteiger partial charge in [-0.25, -0.2) is 4.79 Å². The number of nitrogens with one attached hydrogen (secondary N) is 3. The summed E-state index contributed by atoms with van der Waals surface area (Å²) in [5.74, 6) is -0.115. The Labute approximate surface area is 156 Å². The maximum absolute atomic E-state index is 12.0. The lowest BCUT2D eigenvalue weighted by molar-refractivity contribution is -0.114. The van der Waals surface area contributed by atoms with Crippen molar-refractivity contribution < 1.29 is 14.3 Å². The molecule has 2 rings (SSSR count). The molecular weight excluding hydrogens is 330 g/mol. The third-order valence-electron chi connectivity index (χ3n) is 4.57. The molecule has 0 aliphatic heterocycles. The van der Waals surface area contributed by atoms with E-state index < -0.39 is 0 Å². The Balaban J connectivity index is 1.64. The largest absolute Gasteiger partial charge is 0.378 e. The molecule has 3 amide bonds. The number of ether oxygens (including phenoxy) is 1. The Morgan fingerprint density at radius 2 is 2.00 bits per heavy atom. The van der Waals surface area contributed by atoms with Crippen LogP contribution in [0.15, 0.2) is 24.3 Å². The van der Waals surface area contributed by atoms with Crippen molar-refractivity contribution in [2.24, 2.45) is 0 Å². The monoisotopic (exact) mass is 361 g/mol. The molecular formula is C20H31N3O3. The maximum atomic E-state index is 12.0. The maximum Gasteiger partial charge on any atom is 0.315 e. The molecule has 0 aromatic heterocycles. The zero-order valence-corrected chi connectivity index (χ0v) is 15.8. The minimum absolute atomic E-state index is 0.115. The average molecular weight is 361 g/mol. The number of urea groups is 1. The van der Waals surface area contributed by atoms with Gasteiger partial charge in [0.05, 0.1) is 12.1 Å². The van der Waals surface area contributed by atoms with E-state index in [-0.39, 0.29) is 18.0 Å². The fourth-order valence-corrected chi connectivity index (χ4v) is 3.18. The van der Waals surface area contributed by atoms with E-state index in [1.807, 2.05) is 31.2 Å². The molecule has 1 aromatic carbocycles. The van der Waals surface area contributed by atoms with Crippen LogP contribution in [0.5, 0.6) is 0 Å². The van der Waals surface area contributed by atoms with Gasteiger partial charge >= 0.3 is 6.03 Å². The molecule has 0 saturated heterocycles. The molecule has 26 heavy (non-hydrogen) atoms. The van der Waals surface area contributed by atoms with Crippen LogP contribution in [0.2, 0.25) is 0 Å². The first kappa shape index (κ1) is 20.2. The third-order valence-corrected chi connectivity index (χ3v) is 4.57.